The number of rotatable bonds is 3. The van der Waals surface area contributed by atoms with Crippen LogP contribution in [0.1, 0.15) is 28.4 Å². The number of aryl methyl sites for hydroxylation is 1. The van der Waals surface area contributed by atoms with Gasteiger partial charge in [0.1, 0.15) is 0 Å². The topological polar surface area (TPSA) is 17.1 Å². The zero-order valence-corrected chi connectivity index (χ0v) is 11.4. The smallest absolute Gasteiger partial charge is 0.193 e. The minimum Gasteiger partial charge on any atom is -0.289 e. The first-order valence-electron chi connectivity index (χ1n) is 5.70. The fourth-order valence-corrected chi connectivity index (χ4v) is 2.03. The van der Waals surface area contributed by atoms with Crippen LogP contribution < -0.4 is 0 Å². The van der Waals surface area contributed by atoms with Crippen molar-refractivity contribution < 1.29 is 4.79 Å². The van der Waals surface area contributed by atoms with Crippen molar-refractivity contribution in [3.8, 4) is 0 Å². The molecule has 0 aliphatic carbocycles. The molecule has 0 unspecified atom stereocenters. The van der Waals surface area contributed by atoms with Gasteiger partial charge < -0.3 is 0 Å². The summed E-state index contributed by atoms with van der Waals surface area (Å²) >= 11 is 11.8. The van der Waals surface area contributed by atoms with Crippen LogP contribution in [-0.2, 0) is 6.42 Å². The van der Waals surface area contributed by atoms with Crippen molar-refractivity contribution in [2.24, 2.45) is 0 Å². The van der Waals surface area contributed by atoms with Gasteiger partial charge in [-0.15, -0.1) is 0 Å². The fraction of sp³-hybridized carbons (Fsp3) is 0.133. The number of carbonyl (C=O) groups excluding carboxylic acids is 1. The average molecular weight is 279 g/mol. The second-order valence-electron chi connectivity index (χ2n) is 4.01. The van der Waals surface area contributed by atoms with Crippen LogP contribution in [0.2, 0.25) is 10.0 Å². The summed E-state index contributed by atoms with van der Waals surface area (Å²) in [7, 11) is 0. The van der Waals surface area contributed by atoms with E-state index in [2.05, 4.69) is 6.92 Å². The lowest BCUT2D eigenvalue weighted by Gasteiger charge is -2.04. The lowest BCUT2D eigenvalue weighted by Crippen LogP contribution is -2.01. The molecule has 18 heavy (non-hydrogen) atoms. The van der Waals surface area contributed by atoms with Crippen molar-refractivity contribution in [2.45, 2.75) is 13.3 Å². The lowest BCUT2D eigenvalue weighted by atomic mass is 10.0. The van der Waals surface area contributed by atoms with E-state index in [1.165, 1.54) is 0 Å². The third kappa shape index (κ3) is 2.74. The highest BCUT2D eigenvalue weighted by molar-refractivity contribution is 6.42. The molecular formula is C15H12Cl2O. The van der Waals surface area contributed by atoms with E-state index in [0.29, 0.717) is 21.2 Å². The van der Waals surface area contributed by atoms with Crippen molar-refractivity contribution in [2.75, 3.05) is 0 Å². The molecule has 0 fully saturated rings. The predicted molar refractivity (Wildman–Crippen MR) is 75.7 cm³/mol. The Hall–Kier alpha value is -1.31. The normalized spacial score (nSPS) is 10.4. The second-order valence-corrected chi connectivity index (χ2v) is 4.83. The van der Waals surface area contributed by atoms with Gasteiger partial charge in [-0.3, -0.25) is 4.79 Å². The van der Waals surface area contributed by atoms with Gasteiger partial charge >= 0.3 is 0 Å². The maximum atomic E-state index is 12.3. The molecular weight excluding hydrogens is 267 g/mol. The Kier molecular flexibility index (Phi) is 4.05. The quantitative estimate of drug-likeness (QED) is 0.738. The SMILES string of the molecule is CCc1cccc(C(=O)c2ccc(Cl)c(Cl)c2)c1. The van der Waals surface area contributed by atoms with Crippen LogP contribution in [0.15, 0.2) is 42.5 Å². The Morgan fingerprint density at radius 1 is 1.00 bits per heavy atom. The first-order chi connectivity index (χ1) is 8.61. The van der Waals surface area contributed by atoms with E-state index in [-0.39, 0.29) is 5.78 Å². The summed E-state index contributed by atoms with van der Waals surface area (Å²) in [5.41, 5.74) is 2.37. The van der Waals surface area contributed by atoms with Gasteiger partial charge in [0.25, 0.3) is 0 Å². The molecule has 0 heterocycles. The Bertz CT molecular complexity index is 591. The summed E-state index contributed by atoms with van der Waals surface area (Å²) in [6.45, 7) is 2.06. The Morgan fingerprint density at radius 3 is 2.39 bits per heavy atom. The molecule has 0 aliphatic rings. The van der Waals surface area contributed by atoms with E-state index in [4.69, 9.17) is 23.2 Å². The van der Waals surface area contributed by atoms with Gasteiger partial charge in [-0.1, -0.05) is 48.3 Å². The fourth-order valence-electron chi connectivity index (χ4n) is 1.74. The van der Waals surface area contributed by atoms with Gasteiger partial charge in [0, 0.05) is 11.1 Å². The van der Waals surface area contributed by atoms with Gasteiger partial charge in [0.15, 0.2) is 5.78 Å². The van der Waals surface area contributed by atoms with Crippen molar-refractivity contribution in [1.82, 2.24) is 0 Å². The highest BCUT2D eigenvalue weighted by Gasteiger charge is 2.10. The molecule has 0 aliphatic heterocycles. The third-order valence-corrected chi connectivity index (χ3v) is 3.52. The number of hydrogen-bond donors (Lipinski definition) is 0. The molecule has 0 atom stereocenters. The first kappa shape index (κ1) is 13.1. The van der Waals surface area contributed by atoms with Crippen LogP contribution in [-0.4, -0.2) is 5.78 Å². The molecule has 0 radical (unpaired) electrons. The van der Waals surface area contributed by atoms with Crippen molar-refractivity contribution in [1.29, 1.82) is 0 Å². The molecule has 0 bridgehead atoms. The lowest BCUT2D eigenvalue weighted by molar-refractivity contribution is 0.103. The highest BCUT2D eigenvalue weighted by atomic mass is 35.5. The Morgan fingerprint density at radius 2 is 1.72 bits per heavy atom. The Labute approximate surface area is 116 Å². The molecule has 0 spiro atoms. The molecule has 92 valence electrons. The molecule has 2 rings (SSSR count). The van der Waals surface area contributed by atoms with E-state index < -0.39 is 0 Å². The van der Waals surface area contributed by atoms with Crippen LogP contribution >= 0.6 is 23.2 Å². The number of ketones is 1. The maximum Gasteiger partial charge on any atom is 0.193 e. The molecule has 2 aromatic carbocycles. The molecule has 2 aromatic rings. The van der Waals surface area contributed by atoms with Crippen LogP contribution in [0, 0.1) is 0 Å². The summed E-state index contributed by atoms with van der Waals surface area (Å²) < 4.78 is 0. The molecule has 0 N–H and O–H groups in total. The van der Waals surface area contributed by atoms with E-state index in [0.717, 1.165) is 12.0 Å². The molecule has 0 saturated carbocycles. The number of hydrogen-bond acceptors (Lipinski definition) is 1. The maximum absolute atomic E-state index is 12.3. The summed E-state index contributed by atoms with van der Waals surface area (Å²) in [6.07, 6.45) is 0.905. The van der Waals surface area contributed by atoms with Crippen molar-refractivity contribution >= 4 is 29.0 Å². The van der Waals surface area contributed by atoms with E-state index >= 15 is 0 Å². The average Bonchev–Trinajstić information content (AvgIpc) is 2.41. The second kappa shape index (κ2) is 5.55. The summed E-state index contributed by atoms with van der Waals surface area (Å²) in [5.74, 6) is -0.0381. The predicted octanol–water partition coefficient (Wildman–Crippen LogP) is 4.79. The standard InChI is InChI=1S/C15H12Cl2O/c1-2-10-4-3-5-11(8-10)15(18)12-6-7-13(16)14(17)9-12/h3-9H,2H2,1H3. The van der Waals surface area contributed by atoms with Crippen LogP contribution in [0.3, 0.4) is 0 Å². The molecule has 1 nitrogen and oxygen atoms in total. The first-order valence-corrected chi connectivity index (χ1v) is 6.46. The molecule has 3 heteroatoms. The van der Waals surface area contributed by atoms with Crippen molar-refractivity contribution in [3.63, 3.8) is 0 Å². The zero-order chi connectivity index (χ0) is 13.1. The third-order valence-electron chi connectivity index (χ3n) is 2.78. The van der Waals surface area contributed by atoms with Gasteiger partial charge in [0.2, 0.25) is 0 Å². The van der Waals surface area contributed by atoms with Crippen molar-refractivity contribution in [3.05, 3.63) is 69.2 Å². The number of halogens is 2. The summed E-state index contributed by atoms with van der Waals surface area (Å²) in [6, 6.07) is 12.5. The monoisotopic (exact) mass is 278 g/mol. The summed E-state index contributed by atoms with van der Waals surface area (Å²) in [5, 5.41) is 0.852. The van der Waals surface area contributed by atoms with Crippen LogP contribution in [0.4, 0.5) is 0 Å². The van der Waals surface area contributed by atoms with Gasteiger partial charge in [-0.05, 0) is 36.2 Å². The Balaban J connectivity index is 2.38. The molecule has 0 aromatic heterocycles. The van der Waals surface area contributed by atoms with Crippen LogP contribution in [0.25, 0.3) is 0 Å². The van der Waals surface area contributed by atoms with Gasteiger partial charge in [0.05, 0.1) is 10.0 Å². The minimum atomic E-state index is -0.0381. The number of carbonyl (C=O) groups is 1. The van der Waals surface area contributed by atoms with Gasteiger partial charge in [-0.25, -0.2) is 0 Å². The molecule has 0 amide bonds. The summed E-state index contributed by atoms with van der Waals surface area (Å²) in [4.78, 5) is 12.3. The van der Waals surface area contributed by atoms with E-state index in [1.54, 1.807) is 18.2 Å². The zero-order valence-electron chi connectivity index (χ0n) is 9.91. The van der Waals surface area contributed by atoms with E-state index in [9.17, 15) is 4.79 Å². The van der Waals surface area contributed by atoms with E-state index in [1.807, 2.05) is 24.3 Å². The largest absolute Gasteiger partial charge is 0.289 e. The molecule has 0 saturated heterocycles. The van der Waals surface area contributed by atoms with Gasteiger partial charge in [-0.2, -0.15) is 0 Å². The highest BCUT2D eigenvalue weighted by Crippen LogP contribution is 2.24. The minimum absolute atomic E-state index is 0.0381. The van der Waals surface area contributed by atoms with Crippen LogP contribution in [0.5, 0.6) is 0 Å². The number of benzene rings is 2.